The highest BCUT2D eigenvalue weighted by Gasteiger charge is 2.27. The highest BCUT2D eigenvalue weighted by molar-refractivity contribution is 5.66. The van der Waals surface area contributed by atoms with E-state index < -0.39 is 5.97 Å². The number of carboxylic acid groups (broad SMARTS) is 1. The molecular weight excluding hydrogens is 242 g/mol. The third-order valence-electron chi connectivity index (χ3n) is 4.21. The summed E-state index contributed by atoms with van der Waals surface area (Å²) in [6.45, 7) is 3.07. The van der Waals surface area contributed by atoms with Gasteiger partial charge in [0.05, 0.1) is 12.0 Å². The summed E-state index contributed by atoms with van der Waals surface area (Å²) in [5.41, 5.74) is 1.31. The minimum atomic E-state index is -0.676. The first-order valence-electron chi connectivity index (χ1n) is 7.17. The van der Waals surface area contributed by atoms with E-state index in [0.717, 1.165) is 32.5 Å². The van der Waals surface area contributed by atoms with E-state index in [-0.39, 0.29) is 0 Å². The lowest BCUT2D eigenvalue weighted by atomic mass is 10.0. The molecule has 0 radical (unpaired) electrons. The fraction of sp³-hybridized carbons (Fsp3) is 0.714. The average molecular weight is 263 g/mol. The highest BCUT2D eigenvalue weighted by Crippen LogP contribution is 2.36. The second-order valence-electron chi connectivity index (χ2n) is 5.85. The monoisotopic (exact) mass is 263 g/mol. The molecule has 2 heterocycles. The minimum Gasteiger partial charge on any atom is -0.481 e. The summed E-state index contributed by atoms with van der Waals surface area (Å²) >= 11 is 0. The largest absolute Gasteiger partial charge is 0.481 e. The maximum absolute atomic E-state index is 10.6. The molecule has 19 heavy (non-hydrogen) atoms. The predicted octanol–water partition coefficient (Wildman–Crippen LogP) is 1.90. The standard InChI is InChI=1S/C14H21N3O2/c18-14(19)4-1-11-5-6-16(8-11)9-13-7-15-10-17(13)12-2-3-12/h7,10-12H,1-6,8-9H2,(H,18,19). The second-order valence-corrected chi connectivity index (χ2v) is 5.85. The van der Waals surface area contributed by atoms with Crippen molar-refractivity contribution in [3.05, 3.63) is 18.2 Å². The summed E-state index contributed by atoms with van der Waals surface area (Å²) in [4.78, 5) is 17.3. The van der Waals surface area contributed by atoms with E-state index in [9.17, 15) is 4.79 Å². The van der Waals surface area contributed by atoms with Crippen molar-refractivity contribution >= 4 is 5.97 Å². The SMILES string of the molecule is O=C(O)CCC1CCN(Cc2cncn2C2CC2)C1. The molecule has 2 aliphatic rings. The second kappa shape index (κ2) is 5.33. The van der Waals surface area contributed by atoms with Crippen LogP contribution < -0.4 is 0 Å². The van der Waals surface area contributed by atoms with Crippen LogP contribution in [0.15, 0.2) is 12.5 Å². The highest BCUT2D eigenvalue weighted by atomic mass is 16.4. The summed E-state index contributed by atoms with van der Waals surface area (Å²) in [5.74, 6) is -0.126. The Morgan fingerprint density at radius 1 is 1.42 bits per heavy atom. The van der Waals surface area contributed by atoms with E-state index in [1.165, 1.54) is 18.5 Å². The lowest BCUT2D eigenvalue weighted by molar-refractivity contribution is -0.137. The molecule has 1 N–H and O–H groups in total. The molecule has 1 saturated carbocycles. The summed E-state index contributed by atoms with van der Waals surface area (Å²) in [5, 5.41) is 8.73. The van der Waals surface area contributed by atoms with E-state index in [0.29, 0.717) is 18.4 Å². The van der Waals surface area contributed by atoms with Gasteiger partial charge in [0, 0.05) is 31.7 Å². The maximum Gasteiger partial charge on any atom is 0.303 e. The Hall–Kier alpha value is -1.36. The molecule has 5 nitrogen and oxygen atoms in total. The smallest absolute Gasteiger partial charge is 0.303 e. The van der Waals surface area contributed by atoms with Crippen LogP contribution in [0, 0.1) is 5.92 Å². The van der Waals surface area contributed by atoms with Gasteiger partial charge in [-0.05, 0) is 38.1 Å². The molecule has 3 rings (SSSR count). The third kappa shape index (κ3) is 3.15. The Morgan fingerprint density at radius 3 is 3.00 bits per heavy atom. The molecule has 1 aliphatic heterocycles. The molecule has 1 unspecified atom stereocenters. The van der Waals surface area contributed by atoms with Crippen molar-refractivity contribution in [1.29, 1.82) is 0 Å². The average Bonchev–Trinajstić information content (AvgIpc) is 2.95. The number of aromatic nitrogens is 2. The fourth-order valence-corrected chi connectivity index (χ4v) is 2.98. The van der Waals surface area contributed by atoms with Crippen molar-refractivity contribution in [2.24, 2.45) is 5.92 Å². The molecular formula is C14H21N3O2. The lowest BCUT2D eigenvalue weighted by Gasteiger charge is -2.17. The van der Waals surface area contributed by atoms with Crippen LogP contribution in [0.2, 0.25) is 0 Å². The molecule has 0 aromatic carbocycles. The molecule has 5 heteroatoms. The van der Waals surface area contributed by atoms with Gasteiger partial charge in [-0.2, -0.15) is 0 Å². The Kier molecular flexibility index (Phi) is 3.55. The number of carbonyl (C=O) groups is 1. The van der Waals surface area contributed by atoms with Gasteiger partial charge in [0.15, 0.2) is 0 Å². The number of hydrogen-bond acceptors (Lipinski definition) is 3. The number of rotatable bonds is 6. The summed E-state index contributed by atoms with van der Waals surface area (Å²) in [6, 6.07) is 0.683. The van der Waals surface area contributed by atoms with Crippen LogP contribution >= 0.6 is 0 Å². The van der Waals surface area contributed by atoms with Crippen LogP contribution in [0.1, 0.15) is 43.8 Å². The summed E-state index contributed by atoms with van der Waals surface area (Å²) in [7, 11) is 0. The Balaban J connectivity index is 1.51. The number of aliphatic carboxylic acids is 1. The third-order valence-corrected chi connectivity index (χ3v) is 4.21. The van der Waals surface area contributed by atoms with Gasteiger partial charge in [0.25, 0.3) is 0 Å². The van der Waals surface area contributed by atoms with E-state index in [4.69, 9.17) is 5.11 Å². The fourth-order valence-electron chi connectivity index (χ4n) is 2.98. The number of carboxylic acids is 1. The minimum absolute atomic E-state index is 0.304. The van der Waals surface area contributed by atoms with Crippen LogP contribution in [0.5, 0.6) is 0 Å². The van der Waals surface area contributed by atoms with Crippen molar-refractivity contribution in [3.63, 3.8) is 0 Å². The van der Waals surface area contributed by atoms with Crippen LogP contribution in [0.25, 0.3) is 0 Å². The van der Waals surface area contributed by atoms with Gasteiger partial charge >= 0.3 is 5.97 Å². The summed E-state index contributed by atoms with van der Waals surface area (Å²) < 4.78 is 2.31. The van der Waals surface area contributed by atoms with Crippen molar-refractivity contribution in [3.8, 4) is 0 Å². The van der Waals surface area contributed by atoms with Crippen molar-refractivity contribution in [2.75, 3.05) is 13.1 Å². The number of nitrogens with zero attached hydrogens (tertiary/aromatic N) is 3. The predicted molar refractivity (Wildman–Crippen MR) is 70.8 cm³/mol. The Labute approximate surface area is 113 Å². The quantitative estimate of drug-likeness (QED) is 0.851. The lowest BCUT2D eigenvalue weighted by Crippen LogP contribution is -2.22. The van der Waals surface area contributed by atoms with Gasteiger partial charge in [-0.25, -0.2) is 4.98 Å². The molecule has 104 valence electrons. The van der Waals surface area contributed by atoms with Crippen molar-refractivity contribution in [1.82, 2.24) is 14.5 Å². The van der Waals surface area contributed by atoms with Crippen LogP contribution in [-0.2, 0) is 11.3 Å². The number of hydrogen-bond donors (Lipinski definition) is 1. The Morgan fingerprint density at radius 2 is 2.26 bits per heavy atom. The maximum atomic E-state index is 10.6. The zero-order valence-corrected chi connectivity index (χ0v) is 11.2. The first-order chi connectivity index (χ1) is 9.22. The van der Waals surface area contributed by atoms with Crippen molar-refractivity contribution < 1.29 is 9.90 Å². The first kappa shape index (κ1) is 12.7. The van der Waals surface area contributed by atoms with Gasteiger partial charge in [0.2, 0.25) is 0 Å². The van der Waals surface area contributed by atoms with Gasteiger partial charge in [-0.1, -0.05) is 0 Å². The van der Waals surface area contributed by atoms with E-state index in [1.807, 2.05) is 12.5 Å². The molecule has 1 aliphatic carbocycles. The molecule has 0 spiro atoms. The number of imidazole rings is 1. The van der Waals surface area contributed by atoms with E-state index in [1.54, 1.807) is 0 Å². The summed E-state index contributed by atoms with van der Waals surface area (Å²) in [6.07, 6.45) is 8.74. The van der Waals surface area contributed by atoms with Gasteiger partial charge < -0.3 is 9.67 Å². The van der Waals surface area contributed by atoms with Crippen LogP contribution in [-0.4, -0.2) is 38.6 Å². The molecule has 1 saturated heterocycles. The molecule has 0 amide bonds. The topological polar surface area (TPSA) is 58.4 Å². The molecule has 2 fully saturated rings. The van der Waals surface area contributed by atoms with Crippen LogP contribution in [0.3, 0.4) is 0 Å². The molecule has 0 bridgehead atoms. The zero-order valence-electron chi connectivity index (χ0n) is 11.2. The normalized spacial score (nSPS) is 23.9. The van der Waals surface area contributed by atoms with Crippen LogP contribution in [0.4, 0.5) is 0 Å². The van der Waals surface area contributed by atoms with Gasteiger partial charge in [-0.3, -0.25) is 9.69 Å². The first-order valence-corrected chi connectivity index (χ1v) is 7.17. The Bertz CT molecular complexity index is 453. The molecule has 1 aromatic rings. The van der Waals surface area contributed by atoms with Crippen molar-refractivity contribution in [2.45, 2.75) is 44.7 Å². The van der Waals surface area contributed by atoms with E-state index in [2.05, 4.69) is 14.5 Å². The van der Waals surface area contributed by atoms with Gasteiger partial charge in [0.1, 0.15) is 0 Å². The number of likely N-dealkylation sites (tertiary alicyclic amines) is 1. The van der Waals surface area contributed by atoms with Gasteiger partial charge in [-0.15, -0.1) is 0 Å². The molecule has 1 atom stereocenters. The molecule has 1 aromatic heterocycles. The van der Waals surface area contributed by atoms with E-state index >= 15 is 0 Å². The zero-order chi connectivity index (χ0) is 13.2.